The number of urea groups is 1. The summed E-state index contributed by atoms with van der Waals surface area (Å²) >= 11 is 11.6. The minimum Gasteiger partial charge on any atom is -0.323 e. The lowest BCUT2D eigenvalue weighted by Crippen LogP contribution is -2.44. The van der Waals surface area contributed by atoms with E-state index in [1.54, 1.807) is 0 Å². The average Bonchev–Trinajstić information content (AvgIpc) is 3.14. The lowest BCUT2D eigenvalue weighted by atomic mass is 9.98. The molecule has 0 unspecified atom stereocenters. The van der Waals surface area contributed by atoms with Crippen LogP contribution in [0.25, 0.3) is 0 Å². The van der Waals surface area contributed by atoms with Crippen molar-refractivity contribution in [1.82, 2.24) is 14.9 Å². The van der Waals surface area contributed by atoms with Gasteiger partial charge in [-0.15, -0.1) is 0 Å². The second kappa shape index (κ2) is 7.34. The van der Waals surface area contributed by atoms with Crippen LogP contribution < -0.4 is 10.0 Å². The van der Waals surface area contributed by atoms with Crippen LogP contribution in [-0.2, 0) is 14.8 Å². The smallest absolute Gasteiger partial charge is 0.323 e. The molecule has 0 atom stereocenters. The molecule has 142 valence electrons. The highest BCUT2D eigenvalue weighted by molar-refractivity contribution is 7.89. The van der Waals surface area contributed by atoms with E-state index in [0.717, 1.165) is 12.8 Å². The van der Waals surface area contributed by atoms with E-state index < -0.39 is 21.6 Å². The Morgan fingerprint density at radius 3 is 2.50 bits per heavy atom. The summed E-state index contributed by atoms with van der Waals surface area (Å²) in [6, 6.07) is 3.64. The molecule has 2 fully saturated rings. The fourth-order valence-electron chi connectivity index (χ4n) is 3.37. The van der Waals surface area contributed by atoms with Crippen LogP contribution in [0.3, 0.4) is 0 Å². The molecule has 1 heterocycles. The molecule has 1 saturated heterocycles. The largest absolute Gasteiger partial charge is 0.325 e. The van der Waals surface area contributed by atoms with Gasteiger partial charge in [-0.3, -0.25) is 9.69 Å². The fraction of sp³-hybridized carbons (Fsp3) is 0.500. The van der Waals surface area contributed by atoms with Crippen molar-refractivity contribution >= 4 is 45.2 Å². The van der Waals surface area contributed by atoms with Gasteiger partial charge in [0, 0.05) is 13.1 Å². The van der Waals surface area contributed by atoms with E-state index in [1.807, 2.05) is 0 Å². The van der Waals surface area contributed by atoms with Crippen molar-refractivity contribution in [2.24, 2.45) is 0 Å². The summed E-state index contributed by atoms with van der Waals surface area (Å²) in [6.45, 7) is 0.253. The van der Waals surface area contributed by atoms with Crippen molar-refractivity contribution in [3.63, 3.8) is 0 Å². The highest BCUT2D eigenvalue weighted by Crippen LogP contribution is 2.35. The van der Waals surface area contributed by atoms with E-state index in [0.29, 0.717) is 19.3 Å². The molecule has 1 aromatic carbocycles. The number of rotatable bonds is 6. The molecule has 1 aliphatic carbocycles. The Bertz CT molecular complexity index is 838. The molecule has 3 rings (SSSR count). The molecule has 10 heteroatoms. The highest BCUT2D eigenvalue weighted by atomic mass is 35.5. The van der Waals surface area contributed by atoms with Gasteiger partial charge >= 0.3 is 6.03 Å². The van der Waals surface area contributed by atoms with Crippen molar-refractivity contribution in [3.8, 4) is 0 Å². The SMILES string of the molecule is O=C1NC2(CCCC2)C(=O)N1CCCNS(=O)(=O)c1ccc(Cl)c(Cl)c1. The number of benzene rings is 1. The van der Waals surface area contributed by atoms with E-state index in [2.05, 4.69) is 10.0 Å². The lowest BCUT2D eigenvalue weighted by molar-refractivity contribution is -0.131. The van der Waals surface area contributed by atoms with Crippen LogP contribution in [-0.4, -0.2) is 43.9 Å². The molecule has 0 radical (unpaired) electrons. The van der Waals surface area contributed by atoms with E-state index in [9.17, 15) is 18.0 Å². The number of carbonyl (C=O) groups excluding carboxylic acids is 2. The van der Waals surface area contributed by atoms with Gasteiger partial charge in [0.1, 0.15) is 5.54 Å². The van der Waals surface area contributed by atoms with Crippen LogP contribution >= 0.6 is 23.2 Å². The standard InChI is InChI=1S/C16H19Cl2N3O4S/c17-12-5-4-11(10-13(12)18)26(24,25)19-8-3-9-21-14(22)16(20-15(21)23)6-1-2-7-16/h4-5,10,19H,1-3,6-9H2,(H,20,23). The Hall–Kier alpha value is -1.35. The zero-order valence-electron chi connectivity index (χ0n) is 13.9. The van der Waals surface area contributed by atoms with Crippen LogP contribution in [0.4, 0.5) is 4.79 Å². The molecule has 2 N–H and O–H groups in total. The molecule has 0 bridgehead atoms. The highest BCUT2D eigenvalue weighted by Gasteiger charge is 2.51. The quantitative estimate of drug-likeness (QED) is 0.546. The normalized spacial score (nSPS) is 19.4. The summed E-state index contributed by atoms with van der Waals surface area (Å²) < 4.78 is 26.9. The summed E-state index contributed by atoms with van der Waals surface area (Å²) in [5, 5.41) is 3.21. The van der Waals surface area contributed by atoms with Crippen LogP contribution in [0.1, 0.15) is 32.1 Å². The Kier molecular flexibility index (Phi) is 5.48. The van der Waals surface area contributed by atoms with Crippen LogP contribution in [0, 0.1) is 0 Å². The van der Waals surface area contributed by atoms with Gasteiger partial charge < -0.3 is 5.32 Å². The van der Waals surface area contributed by atoms with Crippen molar-refractivity contribution in [2.75, 3.05) is 13.1 Å². The maximum atomic E-state index is 12.5. The van der Waals surface area contributed by atoms with Gasteiger partial charge in [0.25, 0.3) is 5.91 Å². The molecule has 2 aliphatic rings. The van der Waals surface area contributed by atoms with E-state index in [-0.39, 0.29) is 33.9 Å². The number of hydrogen-bond donors (Lipinski definition) is 2. The van der Waals surface area contributed by atoms with Gasteiger partial charge in [-0.2, -0.15) is 0 Å². The number of carbonyl (C=O) groups is 2. The zero-order valence-corrected chi connectivity index (χ0v) is 16.3. The molecule has 1 saturated carbocycles. The van der Waals surface area contributed by atoms with Crippen molar-refractivity contribution < 1.29 is 18.0 Å². The average molecular weight is 420 g/mol. The summed E-state index contributed by atoms with van der Waals surface area (Å²) in [5.41, 5.74) is -0.739. The summed E-state index contributed by atoms with van der Waals surface area (Å²) in [5.74, 6) is -0.202. The maximum absolute atomic E-state index is 12.5. The maximum Gasteiger partial charge on any atom is 0.325 e. The van der Waals surface area contributed by atoms with Crippen molar-refractivity contribution in [1.29, 1.82) is 0 Å². The molecule has 26 heavy (non-hydrogen) atoms. The first kappa shape index (κ1) is 19.4. The number of sulfonamides is 1. The lowest BCUT2D eigenvalue weighted by Gasteiger charge is -2.20. The molecule has 7 nitrogen and oxygen atoms in total. The molecule has 1 aromatic rings. The first-order valence-corrected chi connectivity index (χ1v) is 10.6. The molecule has 1 aliphatic heterocycles. The van der Waals surface area contributed by atoms with Crippen molar-refractivity contribution in [3.05, 3.63) is 28.2 Å². The number of nitrogens with one attached hydrogen (secondary N) is 2. The monoisotopic (exact) mass is 419 g/mol. The zero-order chi connectivity index (χ0) is 18.9. The second-order valence-corrected chi connectivity index (χ2v) is 9.08. The van der Waals surface area contributed by atoms with E-state index >= 15 is 0 Å². The molecule has 3 amide bonds. The first-order chi connectivity index (χ1) is 12.3. The van der Waals surface area contributed by atoms with Crippen LogP contribution in [0.15, 0.2) is 23.1 Å². The summed E-state index contributed by atoms with van der Waals surface area (Å²) in [7, 11) is -3.74. The minimum atomic E-state index is -3.74. The van der Waals surface area contributed by atoms with Gasteiger partial charge in [0.05, 0.1) is 14.9 Å². The predicted octanol–water partition coefficient (Wildman–Crippen LogP) is 2.53. The van der Waals surface area contributed by atoms with Gasteiger partial charge in [-0.1, -0.05) is 36.0 Å². The van der Waals surface area contributed by atoms with Crippen molar-refractivity contribution in [2.45, 2.75) is 42.5 Å². The molecular formula is C16H19Cl2N3O4S. The number of nitrogens with zero attached hydrogens (tertiary/aromatic N) is 1. The van der Waals surface area contributed by atoms with Crippen LogP contribution in [0.2, 0.25) is 10.0 Å². The Labute approximate surface area is 162 Å². The summed E-state index contributed by atoms with van der Waals surface area (Å²) in [4.78, 5) is 25.7. The number of imide groups is 1. The topological polar surface area (TPSA) is 95.6 Å². The van der Waals surface area contributed by atoms with Crippen LogP contribution in [0.5, 0.6) is 0 Å². The predicted molar refractivity (Wildman–Crippen MR) is 97.7 cm³/mol. The molecule has 0 aromatic heterocycles. The third kappa shape index (κ3) is 3.69. The Morgan fingerprint density at radius 2 is 1.85 bits per heavy atom. The number of halogens is 2. The summed E-state index contributed by atoms with van der Waals surface area (Å²) in [6.07, 6.45) is 3.48. The second-order valence-electron chi connectivity index (χ2n) is 6.50. The Balaban J connectivity index is 1.54. The third-order valence-corrected chi connectivity index (χ3v) is 6.95. The molecule has 1 spiro atoms. The fourth-order valence-corrected chi connectivity index (χ4v) is 4.83. The van der Waals surface area contributed by atoms with E-state index in [1.165, 1.54) is 23.1 Å². The molecular weight excluding hydrogens is 401 g/mol. The van der Waals surface area contributed by atoms with Gasteiger partial charge in [-0.25, -0.2) is 17.9 Å². The first-order valence-electron chi connectivity index (χ1n) is 8.34. The van der Waals surface area contributed by atoms with Gasteiger partial charge in [0.2, 0.25) is 10.0 Å². The van der Waals surface area contributed by atoms with Gasteiger partial charge in [-0.05, 0) is 37.5 Å². The third-order valence-electron chi connectivity index (χ3n) is 4.75. The Morgan fingerprint density at radius 1 is 1.15 bits per heavy atom. The number of amides is 3. The van der Waals surface area contributed by atoms with E-state index in [4.69, 9.17) is 23.2 Å². The van der Waals surface area contributed by atoms with Gasteiger partial charge in [0.15, 0.2) is 0 Å². The minimum absolute atomic E-state index is 0.00630. The number of hydrogen-bond acceptors (Lipinski definition) is 4.